The Morgan fingerprint density at radius 3 is 2.13 bits per heavy atom. The van der Waals surface area contributed by atoms with E-state index in [9.17, 15) is 29.4 Å². The van der Waals surface area contributed by atoms with Crippen LogP contribution in [0.5, 0.6) is 0 Å². The minimum atomic E-state index is -1.49. The Balaban J connectivity index is 1.27. The number of nitrogens with two attached hydrogens (primary N) is 1. The van der Waals surface area contributed by atoms with Gasteiger partial charge in [-0.2, -0.15) is 0 Å². The smallest absolute Gasteiger partial charge is 0.408 e. The minimum Gasteiger partial charge on any atom is -0.461 e. The zero-order chi connectivity index (χ0) is 32.9. The van der Waals surface area contributed by atoms with E-state index in [2.05, 4.69) is 20.7 Å². The molecule has 1 aliphatic heterocycles. The number of carbonyl (C=O) groups excluding carboxylic acids is 4. The Morgan fingerprint density at radius 1 is 0.891 bits per heavy atom. The van der Waals surface area contributed by atoms with Gasteiger partial charge in [0.1, 0.15) is 50.5 Å². The molecule has 246 valence electrons. The fraction of sp³-hybridized carbons (Fsp3) is 0.400. The lowest BCUT2D eigenvalue weighted by Crippen LogP contribution is -2.43. The molecule has 1 fully saturated rings. The van der Waals surface area contributed by atoms with E-state index in [1.54, 1.807) is 24.3 Å². The highest BCUT2D eigenvalue weighted by atomic mass is 16.6. The summed E-state index contributed by atoms with van der Waals surface area (Å²) in [6, 6.07) is 17.0. The number of primary amides is 1. The fourth-order valence-corrected chi connectivity index (χ4v) is 4.45. The molecule has 1 unspecified atom stereocenters. The average molecular weight is 641 g/mol. The van der Waals surface area contributed by atoms with Crippen molar-refractivity contribution in [2.24, 2.45) is 5.73 Å². The summed E-state index contributed by atoms with van der Waals surface area (Å²) < 4.78 is 22.4. The van der Waals surface area contributed by atoms with E-state index >= 15 is 0 Å². The van der Waals surface area contributed by atoms with Crippen molar-refractivity contribution in [3.05, 3.63) is 83.9 Å². The first-order valence-electron chi connectivity index (χ1n) is 14.5. The Hall–Kier alpha value is -5.06. The summed E-state index contributed by atoms with van der Waals surface area (Å²) >= 11 is 0. The third-order valence-corrected chi connectivity index (χ3v) is 6.91. The predicted molar refractivity (Wildman–Crippen MR) is 157 cm³/mol. The van der Waals surface area contributed by atoms with Crippen LogP contribution < -0.4 is 16.4 Å². The highest BCUT2D eigenvalue weighted by molar-refractivity contribution is 5.88. The van der Waals surface area contributed by atoms with E-state index in [0.29, 0.717) is 12.8 Å². The van der Waals surface area contributed by atoms with Crippen LogP contribution in [0.25, 0.3) is 0 Å². The number of rotatable bonds is 15. The monoisotopic (exact) mass is 640 g/mol. The maximum absolute atomic E-state index is 13.1. The molecule has 0 aliphatic carbocycles. The molecule has 0 spiro atoms. The van der Waals surface area contributed by atoms with Crippen LogP contribution in [0.2, 0.25) is 0 Å². The third-order valence-electron chi connectivity index (χ3n) is 6.91. The fourth-order valence-electron chi connectivity index (χ4n) is 4.45. The summed E-state index contributed by atoms with van der Waals surface area (Å²) in [6.45, 7) is -0.115. The number of ether oxygens (including phenoxy) is 4. The SMILES string of the molecule is NC(=O)c1ncn([C@@H]2O[C@H](COC(=O)[C@H](CCCCNC(=O)OCc3ccccc3)NC(=O)OCc3ccccc3)C(O)[C@H]2O)n1. The summed E-state index contributed by atoms with van der Waals surface area (Å²) in [5.41, 5.74) is 6.75. The van der Waals surface area contributed by atoms with Gasteiger partial charge < -0.3 is 45.5 Å². The molecule has 2 heterocycles. The van der Waals surface area contributed by atoms with E-state index in [1.165, 1.54) is 0 Å². The summed E-state index contributed by atoms with van der Waals surface area (Å²) in [5, 5.41) is 29.9. The van der Waals surface area contributed by atoms with Gasteiger partial charge in [-0.3, -0.25) is 4.79 Å². The largest absolute Gasteiger partial charge is 0.461 e. The van der Waals surface area contributed by atoms with E-state index < -0.39 is 61.3 Å². The zero-order valence-electron chi connectivity index (χ0n) is 24.8. The average Bonchev–Trinajstić information content (AvgIpc) is 3.66. The van der Waals surface area contributed by atoms with E-state index in [4.69, 9.17) is 24.7 Å². The van der Waals surface area contributed by atoms with Crippen molar-refractivity contribution in [3.63, 3.8) is 0 Å². The molecule has 16 heteroatoms. The Morgan fingerprint density at radius 2 is 1.52 bits per heavy atom. The molecule has 3 aromatic rings. The molecule has 0 radical (unpaired) electrons. The molecular weight excluding hydrogens is 604 g/mol. The molecule has 5 atom stereocenters. The second kappa shape index (κ2) is 16.9. The number of unbranched alkanes of at least 4 members (excludes halogenated alkanes) is 1. The Kier molecular flexibility index (Phi) is 12.4. The van der Waals surface area contributed by atoms with Crippen LogP contribution in [0.3, 0.4) is 0 Å². The van der Waals surface area contributed by atoms with Gasteiger partial charge in [-0.15, -0.1) is 5.10 Å². The van der Waals surface area contributed by atoms with Crippen molar-refractivity contribution in [1.82, 2.24) is 25.4 Å². The van der Waals surface area contributed by atoms with Gasteiger partial charge in [0.05, 0.1) is 0 Å². The predicted octanol–water partition coefficient (Wildman–Crippen LogP) is 0.931. The van der Waals surface area contributed by atoms with Crippen molar-refractivity contribution >= 4 is 24.1 Å². The van der Waals surface area contributed by atoms with Crippen LogP contribution in [0, 0.1) is 0 Å². The molecule has 2 aromatic carbocycles. The number of benzene rings is 2. The molecule has 46 heavy (non-hydrogen) atoms. The zero-order valence-corrected chi connectivity index (χ0v) is 24.8. The molecule has 0 bridgehead atoms. The molecule has 4 rings (SSSR count). The van der Waals surface area contributed by atoms with Gasteiger partial charge in [-0.25, -0.2) is 24.0 Å². The lowest BCUT2D eigenvalue weighted by molar-refractivity contribution is -0.152. The van der Waals surface area contributed by atoms with Crippen LogP contribution in [0.1, 0.15) is 47.2 Å². The van der Waals surface area contributed by atoms with Gasteiger partial charge in [-0.1, -0.05) is 60.7 Å². The molecule has 1 aliphatic rings. The summed E-state index contributed by atoms with van der Waals surface area (Å²) in [4.78, 5) is 52.6. The van der Waals surface area contributed by atoms with Crippen molar-refractivity contribution in [2.45, 2.75) is 63.1 Å². The van der Waals surface area contributed by atoms with Gasteiger partial charge >= 0.3 is 18.2 Å². The number of aliphatic hydroxyl groups excluding tert-OH is 2. The summed E-state index contributed by atoms with van der Waals surface area (Å²) in [6.07, 6.45) is -4.71. The van der Waals surface area contributed by atoms with Crippen molar-refractivity contribution in [2.75, 3.05) is 13.2 Å². The molecule has 3 amide bonds. The first-order valence-corrected chi connectivity index (χ1v) is 14.5. The third kappa shape index (κ3) is 9.98. The number of hydrogen-bond acceptors (Lipinski definition) is 12. The highest BCUT2D eigenvalue weighted by Gasteiger charge is 2.45. The highest BCUT2D eigenvalue weighted by Crippen LogP contribution is 2.29. The molecular formula is C30H36N6O10. The van der Waals surface area contributed by atoms with Crippen LogP contribution in [-0.4, -0.2) is 86.5 Å². The van der Waals surface area contributed by atoms with Gasteiger partial charge in [0.2, 0.25) is 5.82 Å². The number of hydrogen-bond donors (Lipinski definition) is 5. The van der Waals surface area contributed by atoms with Crippen LogP contribution in [0.15, 0.2) is 67.0 Å². The Bertz CT molecular complexity index is 1440. The van der Waals surface area contributed by atoms with Crippen molar-refractivity contribution in [3.8, 4) is 0 Å². The summed E-state index contributed by atoms with van der Waals surface area (Å²) in [7, 11) is 0. The number of alkyl carbamates (subject to hydrolysis) is 2. The molecule has 1 saturated heterocycles. The molecule has 16 nitrogen and oxygen atoms in total. The topological polar surface area (TPSA) is 226 Å². The summed E-state index contributed by atoms with van der Waals surface area (Å²) in [5.74, 6) is -2.04. The molecule has 0 saturated carbocycles. The molecule has 1 aromatic heterocycles. The first kappa shape index (κ1) is 33.8. The second-order valence-corrected chi connectivity index (χ2v) is 10.3. The van der Waals surface area contributed by atoms with E-state index in [0.717, 1.165) is 22.1 Å². The van der Waals surface area contributed by atoms with Gasteiger partial charge in [0.25, 0.3) is 5.91 Å². The lowest BCUT2D eigenvalue weighted by atomic mass is 10.1. The number of amides is 3. The van der Waals surface area contributed by atoms with Crippen molar-refractivity contribution in [1.29, 1.82) is 0 Å². The van der Waals surface area contributed by atoms with Crippen LogP contribution in [-0.2, 0) is 37.0 Å². The number of nitrogens with one attached hydrogen (secondary N) is 2. The van der Waals surface area contributed by atoms with E-state index in [1.807, 2.05) is 36.4 Å². The van der Waals surface area contributed by atoms with E-state index in [-0.39, 0.29) is 32.0 Å². The normalized spacial score (nSPS) is 19.5. The Labute approximate surface area is 263 Å². The lowest BCUT2D eigenvalue weighted by Gasteiger charge is -2.20. The van der Waals surface area contributed by atoms with Gasteiger partial charge in [-0.05, 0) is 30.4 Å². The number of esters is 1. The van der Waals surface area contributed by atoms with Gasteiger partial charge in [0, 0.05) is 6.54 Å². The van der Waals surface area contributed by atoms with Crippen LogP contribution >= 0.6 is 0 Å². The van der Waals surface area contributed by atoms with Crippen molar-refractivity contribution < 1.29 is 48.3 Å². The van der Waals surface area contributed by atoms with Crippen LogP contribution in [0.4, 0.5) is 9.59 Å². The molecule has 6 N–H and O–H groups in total. The number of aromatic nitrogens is 3. The maximum Gasteiger partial charge on any atom is 0.408 e. The second-order valence-electron chi connectivity index (χ2n) is 10.3. The maximum atomic E-state index is 13.1. The number of aliphatic hydroxyl groups is 2. The minimum absolute atomic E-state index is 0.0232. The number of carbonyl (C=O) groups is 4. The standard InChI is InChI=1S/C30H36N6O10/c31-25(39)26-33-18-36(35-26)27-24(38)23(37)22(46-27)17-43-28(40)21(34-30(42)45-16-20-11-5-2-6-12-20)13-7-8-14-32-29(41)44-15-19-9-3-1-4-10-19/h1-6,9-12,18,21-24,27,37-38H,7-8,13-17H2,(H2,31,39)(H,32,41)(H,34,42)/t21-,22+,23?,24+,27+/m0/s1. The van der Waals surface area contributed by atoms with Gasteiger partial charge in [0.15, 0.2) is 6.23 Å². The first-order chi connectivity index (χ1) is 22.2. The number of nitrogens with zero attached hydrogens (tertiary/aromatic N) is 3. The quantitative estimate of drug-likeness (QED) is 0.0888.